The van der Waals surface area contributed by atoms with Crippen molar-refractivity contribution in [1.29, 1.82) is 0 Å². The van der Waals surface area contributed by atoms with Gasteiger partial charge in [-0.25, -0.2) is 4.79 Å². The van der Waals surface area contributed by atoms with Crippen molar-refractivity contribution < 1.29 is 19.4 Å². The molecule has 3 heterocycles. The molecular weight excluding hydrogens is 272 g/mol. The van der Waals surface area contributed by atoms with E-state index in [1.54, 1.807) is 4.90 Å². The van der Waals surface area contributed by atoms with Gasteiger partial charge in [0, 0.05) is 26.2 Å². The monoisotopic (exact) mass is 296 g/mol. The predicted molar refractivity (Wildman–Crippen MR) is 76.0 cm³/mol. The lowest BCUT2D eigenvalue weighted by Gasteiger charge is -2.35. The number of carboxylic acid groups (broad SMARTS) is 1. The molecule has 0 aromatic carbocycles. The first kappa shape index (κ1) is 14.6. The van der Waals surface area contributed by atoms with Crippen LogP contribution in [-0.2, 0) is 9.53 Å². The standard InChI is InChI=1S/C15H24N2O4/c1-2-5-15(13(18)19)6-7-16(10-15)14(20)17-8-11-3-4-12(9-17)21-11/h11-12H,2-10H2,1H3,(H,18,19). The van der Waals surface area contributed by atoms with Gasteiger partial charge in [-0.3, -0.25) is 4.79 Å². The van der Waals surface area contributed by atoms with Crippen LogP contribution in [-0.4, -0.2) is 65.3 Å². The van der Waals surface area contributed by atoms with Gasteiger partial charge in [-0.2, -0.15) is 0 Å². The zero-order valence-corrected chi connectivity index (χ0v) is 12.6. The van der Waals surface area contributed by atoms with Gasteiger partial charge >= 0.3 is 12.0 Å². The Bertz CT molecular complexity index is 429. The maximum absolute atomic E-state index is 12.6. The number of likely N-dealkylation sites (tertiary alicyclic amines) is 2. The van der Waals surface area contributed by atoms with Crippen LogP contribution in [0.3, 0.4) is 0 Å². The number of fused-ring (bicyclic) bond motifs is 2. The lowest BCUT2D eigenvalue weighted by Crippen LogP contribution is -2.51. The van der Waals surface area contributed by atoms with Crippen LogP contribution in [0.4, 0.5) is 4.79 Å². The number of hydrogen-bond acceptors (Lipinski definition) is 3. The number of hydrogen-bond donors (Lipinski definition) is 1. The Hall–Kier alpha value is -1.30. The van der Waals surface area contributed by atoms with Crippen molar-refractivity contribution in [3.8, 4) is 0 Å². The third-order valence-corrected chi connectivity index (χ3v) is 5.12. The number of aliphatic carboxylic acids is 1. The number of nitrogens with zero attached hydrogens (tertiary/aromatic N) is 2. The van der Waals surface area contributed by atoms with Gasteiger partial charge in [-0.05, 0) is 25.7 Å². The highest BCUT2D eigenvalue weighted by Crippen LogP contribution is 2.36. The molecular formula is C15H24N2O4. The van der Waals surface area contributed by atoms with Crippen molar-refractivity contribution in [2.24, 2.45) is 5.41 Å². The molecule has 6 nitrogen and oxygen atoms in total. The van der Waals surface area contributed by atoms with Gasteiger partial charge in [0.15, 0.2) is 0 Å². The van der Waals surface area contributed by atoms with E-state index in [-0.39, 0.29) is 18.2 Å². The maximum atomic E-state index is 12.6. The molecule has 1 N–H and O–H groups in total. The molecule has 0 aromatic rings. The Morgan fingerprint density at radius 1 is 1.24 bits per heavy atom. The molecule has 0 saturated carbocycles. The summed E-state index contributed by atoms with van der Waals surface area (Å²) in [7, 11) is 0. The second-order valence-corrected chi connectivity index (χ2v) is 6.65. The molecule has 3 aliphatic rings. The van der Waals surface area contributed by atoms with Crippen LogP contribution in [0.25, 0.3) is 0 Å². The molecule has 118 valence electrons. The molecule has 0 aliphatic carbocycles. The zero-order valence-electron chi connectivity index (χ0n) is 12.6. The summed E-state index contributed by atoms with van der Waals surface area (Å²) in [5, 5.41) is 9.53. The highest BCUT2D eigenvalue weighted by Gasteiger charge is 2.47. The number of carbonyl (C=O) groups excluding carboxylic acids is 1. The number of ether oxygens (including phenoxy) is 1. The fourth-order valence-corrected chi connectivity index (χ4v) is 3.97. The lowest BCUT2D eigenvalue weighted by molar-refractivity contribution is -0.148. The van der Waals surface area contributed by atoms with Gasteiger partial charge < -0.3 is 19.6 Å². The topological polar surface area (TPSA) is 70.1 Å². The third-order valence-electron chi connectivity index (χ3n) is 5.12. The quantitative estimate of drug-likeness (QED) is 0.858. The van der Waals surface area contributed by atoms with Gasteiger partial charge in [-0.15, -0.1) is 0 Å². The van der Waals surface area contributed by atoms with E-state index >= 15 is 0 Å². The van der Waals surface area contributed by atoms with Gasteiger partial charge in [0.25, 0.3) is 0 Å². The fraction of sp³-hybridized carbons (Fsp3) is 0.867. The number of rotatable bonds is 3. The van der Waals surface area contributed by atoms with Crippen molar-refractivity contribution in [1.82, 2.24) is 9.80 Å². The molecule has 2 bridgehead atoms. The minimum absolute atomic E-state index is 0.00516. The number of carboxylic acids is 1. The van der Waals surface area contributed by atoms with E-state index in [2.05, 4.69) is 0 Å². The normalized spacial score (nSPS) is 35.3. The van der Waals surface area contributed by atoms with Crippen LogP contribution < -0.4 is 0 Å². The molecule has 3 fully saturated rings. The van der Waals surface area contributed by atoms with Crippen LogP contribution in [0, 0.1) is 5.41 Å². The molecule has 6 heteroatoms. The van der Waals surface area contributed by atoms with Crippen LogP contribution in [0.5, 0.6) is 0 Å². The average molecular weight is 296 g/mol. The summed E-state index contributed by atoms with van der Waals surface area (Å²) in [5.74, 6) is -0.762. The number of urea groups is 1. The van der Waals surface area contributed by atoms with Gasteiger partial charge in [0.05, 0.1) is 17.6 Å². The van der Waals surface area contributed by atoms with Crippen LogP contribution >= 0.6 is 0 Å². The summed E-state index contributed by atoms with van der Waals surface area (Å²) in [6.45, 7) is 4.20. The molecule has 3 atom stereocenters. The molecule has 0 aromatic heterocycles. The van der Waals surface area contributed by atoms with E-state index in [0.717, 1.165) is 19.3 Å². The molecule has 21 heavy (non-hydrogen) atoms. The summed E-state index contributed by atoms with van der Waals surface area (Å²) in [6.07, 6.45) is 4.45. The van der Waals surface area contributed by atoms with Crippen LogP contribution in [0.2, 0.25) is 0 Å². The molecule has 3 saturated heterocycles. The second-order valence-electron chi connectivity index (χ2n) is 6.65. The van der Waals surface area contributed by atoms with Crippen LogP contribution in [0.15, 0.2) is 0 Å². The highest BCUT2D eigenvalue weighted by atomic mass is 16.5. The van der Waals surface area contributed by atoms with Crippen molar-refractivity contribution in [2.75, 3.05) is 26.2 Å². The lowest BCUT2D eigenvalue weighted by atomic mass is 9.83. The van der Waals surface area contributed by atoms with E-state index in [4.69, 9.17) is 4.74 Å². The second kappa shape index (κ2) is 5.48. The average Bonchev–Trinajstić information content (AvgIpc) is 3.03. The Balaban J connectivity index is 1.65. The molecule has 3 unspecified atom stereocenters. The van der Waals surface area contributed by atoms with E-state index < -0.39 is 11.4 Å². The van der Waals surface area contributed by atoms with Gasteiger partial charge in [0.1, 0.15) is 0 Å². The fourth-order valence-electron chi connectivity index (χ4n) is 3.97. The minimum atomic E-state index is -0.762. The van der Waals surface area contributed by atoms with Gasteiger partial charge in [0.2, 0.25) is 0 Å². The summed E-state index contributed by atoms with van der Waals surface area (Å²) in [4.78, 5) is 27.8. The van der Waals surface area contributed by atoms with Crippen molar-refractivity contribution in [2.45, 2.75) is 51.2 Å². The Morgan fingerprint density at radius 2 is 1.90 bits per heavy atom. The first-order valence-electron chi connectivity index (χ1n) is 7.97. The smallest absolute Gasteiger partial charge is 0.320 e. The van der Waals surface area contributed by atoms with Crippen molar-refractivity contribution >= 4 is 12.0 Å². The SMILES string of the molecule is CCCC1(C(=O)O)CCN(C(=O)N2CC3CCC(C2)O3)C1. The van der Waals surface area contributed by atoms with Crippen molar-refractivity contribution in [3.05, 3.63) is 0 Å². The molecule has 3 aliphatic heterocycles. The van der Waals surface area contributed by atoms with E-state index in [9.17, 15) is 14.7 Å². The van der Waals surface area contributed by atoms with E-state index in [1.807, 2.05) is 11.8 Å². The first-order chi connectivity index (χ1) is 10.0. The van der Waals surface area contributed by atoms with E-state index in [1.165, 1.54) is 0 Å². The Labute approximate surface area is 125 Å². The summed E-state index contributed by atoms with van der Waals surface area (Å²) < 4.78 is 5.75. The molecule has 0 spiro atoms. The molecule has 3 rings (SSSR count). The molecule has 0 radical (unpaired) electrons. The number of morpholine rings is 1. The number of carbonyl (C=O) groups is 2. The summed E-state index contributed by atoms with van der Waals surface area (Å²) in [5.41, 5.74) is -0.740. The summed E-state index contributed by atoms with van der Waals surface area (Å²) in [6, 6.07) is -0.00516. The summed E-state index contributed by atoms with van der Waals surface area (Å²) >= 11 is 0. The maximum Gasteiger partial charge on any atom is 0.320 e. The first-order valence-corrected chi connectivity index (χ1v) is 7.97. The van der Waals surface area contributed by atoms with Crippen molar-refractivity contribution in [3.63, 3.8) is 0 Å². The van der Waals surface area contributed by atoms with Crippen LogP contribution in [0.1, 0.15) is 39.0 Å². The zero-order chi connectivity index (χ0) is 15.0. The largest absolute Gasteiger partial charge is 0.481 e. The van der Waals surface area contributed by atoms with Gasteiger partial charge in [-0.1, -0.05) is 13.3 Å². The van der Waals surface area contributed by atoms with E-state index in [0.29, 0.717) is 39.0 Å². The third kappa shape index (κ3) is 2.61. The Kier molecular flexibility index (Phi) is 3.82. The minimum Gasteiger partial charge on any atom is -0.481 e. The number of amides is 2. The Morgan fingerprint density at radius 3 is 2.48 bits per heavy atom. The molecule has 2 amide bonds. The predicted octanol–water partition coefficient (Wildman–Crippen LogP) is 1.55. The highest BCUT2D eigenvalue weighted by molar-refractivity contribution is 5.80.